The van der Waals surface area contributed by atoms with Crippen LogP contribution in [0.15, 0.2) is 18.2 Å². The summed E-state index contributed by atoms with van der Waals surface area (Å²) in [4.78, 5) is 12.5. The van der Waals surface area contributed by atoms with Crippen LogP contribution in [0.3, 0.4) is 0 Å². The highest BCUT2D eigenvalue weighted by Crippen LogP contribution is 2.43. The second-order valence-corrected chi connectivity index (χ2v) is 6.57. The molecule has 0 amide bonds. The summed E-state index contributed by atoms with van der Waals surface area (Å²) in [5.41, 5.74) is 3.89. The topological polar surface area (TPSA) is 17.1 Å². The minimum atomic E-state index is 0.204. The summed E-state index contributed by atoms with van der Waals surface area (Å²) >= 11 is 0. The van der Waals surface area contributed by atoms with Gasteiger partial charge >= 0.3 is 0 Å². The normalized spacial score (nSPS) is 22.1. The lowest BCUT2D eigenvalue weighted by molar-refractivity contribution is -0.124. The quantitative estimate of drug-likeness (QED) is 0.777. The van der Waals surface area contributed by atoms with Crippen molar-refractivity contribution in [3.05, 3.63) is 34.9 Å². The molecule has 1 heteroatoms. The van der Waals surface area contributed by atoms with Crippen LogP contribution < -0.4 is 0 Å². The van der Waals surface area contributed by atoms with Crippen molar-refractivity contribution in [2.75, 3.05) is 0 Å². The maximum atomic E-state index is 12.5. The van der Waals surface area contributed by atoms with Crippen LogP contribution in [0.25, 0.3) is 0 Å². The van der Waals surface area contributed by atoms with E-state index < -0.39 is 0 Å². The summed E-state index contributed by atoms with van der Waals surface area (Å²) in [6, 6.07) is 6.45. The molecule has 1 saturated carbocycles. The molecule has 1 aliphatic carbocycles. The Morgan fingerprint density at radius 1 is 1.22 bits per heavy atom. The second-order valence-electron chi connectivity index (χ2n) is 6.57. The molecule has 1 atom stereocenters. The van der Waals surface area contributed by atoms with Crippen LogP contribution in [-0.2, 0) is 11.2 Å². The van der Waals surface area contributed by atoms with Gasteiger partial charge in [0.15, 0.2) is 0 Å². The molecule has 1 aromatic rings. The molecule has 1 aromatic carbocycles. The highest BCUT2D eigenvalue weighted by molar-refractivity contribution is 5.84. The number of carbonyl (C=O) groups is 1. The fraction of sp³-hybridized carbons (Fsp3) is 0.588. The van der Waals surface area contributed by atoms with E-state index >= 15 is 0 Å². The molecule has 0 spiro atoms. The third-order valence-corrected chi connectivity index (χ3v) is 4.31. The molecule has 18 heavy (non-hydrogen) atoms. The molecule has 1 fully saturated rings. The van der Waals surface area contributed by atoms with Crippen LogP contribution in [0.1, 0.15) is 49.8 Å². The van der Waals surface area contributed by atoms with Crippen molar-refractivity contribution in [1.82, 2.24) is 0 Å². The molecular weight excluding hydrogens is 220 g/mol. The first kappa shape index (κ1) is 13.3. The van der Waals surface area contributed by atoms with Crippen molar-refractivity contribution < 1.29 is 4.79 Å². The Hall–Kier alpha value is -1.11. The van der Waals surface area contributed by atoms with Crippen LogP contribution in [-0.4, -0.2) is 5.78 Å². The van der Waals surface area contributed by atoms with Crippen molar-refractivity contribution in [2.45, 2.75) is 53.4 Å². The van der Waals surface area contributed by atoms with Gasteiger partial charge in [0, 0.05) is 12.3 Å². The molecule has 0 aliphatic heterocycles. The van der Waals surface area contributed by atoms with Crippen LogP contribution in [0.4, 0.5) is 0 Å². The molecule has 0 aromatic heterocycles. The first-order valence-corrected chi connectivity index (χ1v) is 6.98. The third kappa shape index (κ3) is 2.82. The van der Waals surface area contributed by atoms with E-state index in [2.05, 4.69) is 45.9 Å². The van der Waals surface area contributed by atoms with Gasteiger partial charge in [0.25, 0.3) is 0 Å². The SMILES string of the molecule is Cc1cc(C)cc(CC(=O)C2CCCC2(C)C)c1. The molecule has 1 nitrogen and oxygen atoms in total. The van der Waals surface area contributed by atoms with Crippen molar-refractivity contribution >= 4 is 5.78 Å². The van der Waals surface area contributed by atoms with Gasteiger partial charge in [0.2, 0.25) is 0 Å². The summed E-state index contributed by atoms with van der Waals surface area (Å²) in [6.07, 6.45) is 4.08. The maximum absolute atomic E-state index is 12.5. The molecule has 1 unspecified atom stereocenters. The standard InChI is InChI=1S/C17H24O/c1-12-8-13(2)10-14(9-12)11-16(18)15-6-5-7-17(15,3)4/h8-10,15H,5-7,11H2,1-4H3. The average molecular weight is 244 g/mol. The Morgan fingerprint density at radius 3 is 2.33 bits per heavy atom. The Morgan fingerprint density at radius 2 is 1.83 bits per heavy atom. The van der Waals surface area contributed by atoms with E-state index in [0.717, 1.165) is 6.42 Å². The molecule has 0 heterocycles. The average Bonchev–Trinajstić information content (AvgIpc) is 2.56. The number of rotatable bonds is 3. The lowest BCUT2D eigenvalue weighted by atomic mass is 9.78. The lowest BCUT2D eigenvalue weighted by Crippen LogP contribution is -2.27. The van der Waals surface area contributed by atoms with E-state index in [1.54, 1.807) is 0 Å². The fourth-order valence-corrected chi connectivity index (χ4v) is 3.42. The zero-order valence-corrected chi connectivity index (χ0v) is 12.0. The van der Waals surface area contributed by atoms with Gasteiger partial charge in [-0.25, -0.2) is 0 Å². The predicted octanol–water partition coefficient (Wildman–Crippen LogP) is 4.24. The summed E-state index contributed by atoms with van der Waals surface area (Å²) in [7, 11) is 0. The van der Waals surface area contributed by atoms with Crippen LogP contribution >= 0.6 is 0 Å². The molecule has 0 saturated heterocycles. The zero-order valence-electron chi connectivity index (χ0n) is 12.0. The summed E-state index contributed by atoms with van der Waals surface area (Å²) in [6.45, 7) is 8.68. The van der Waals surface area contributed by atoms with Gasteiger partial charge in [0.05, 0.1) is 0 Å². The van der Waals surface area contributed by atoms with Crippen LogP contribution in [0.5, 0.6) is 0 Å². The van der Waals surface area contributed by atoms with Gasteiger partial charge in [-0.1, -0.05) is 49.6 Å². The molecule has 1 aliphatic rings. The van der Waals surface area contributed by atoms with E-state index in [9.17, 15) is 4.79 Å². The van der Waals surface area contributed by atoms with Crippen LogP contribution in [0, 0.1) is 25.2 Å². The van der Waals surface area contributed by atoms with E-state index in [0.29, 0.717) is 12.2 Å². The van der Waals surface area contributed by atoms with Gasteiger partial charge in [-0.3, -0.25) is 4.79 Å². The smallest absolute Gasteiger partial charge is 0.140 e. The molecule has 0 N–H and O–H groups in total. The minimum Gasteiger partial charge on any atom is -0.299 e. The monoisotopic (exact) mass is 244 g/mol. The lowest BCUT2D eigenvalue weighted by Gasteiger charge is -2.25. The van der Waals surface area contributed by atoms with Gasteiger partial charge in [-0.15, -0.1) is 0 Å². The zero-order chi connectivity index (χ0) is 13.3. The summed E-state index contributed by atoms with van der Waals surface area (Å²) in [5.74, 6) is 0.695. The number of aryl methyl sites for hydroxylation is 2. The molecular formula is C17H24O. The van der Waals surface area contributed by atoms with Crippen molar-refractivity contribution in [3.8, 4) is 0 Å². The number of hydrogen-bond acceptors (Lipinski definition) is 1. The largest absolute Gasteiger partial charge is 0.299 e. The number of carbonyl (C=O) groups excluding carboxylic acids is 1. The van der Waals surface area contributed by atoms with Crippen LogP contribution in [0.2, 0.25) is 0 Å². The third-order valence-electron chi connectivity index (χ3n) is 4.31. The second kappa shape index (κ2) is 4.87. The fourth-order valence-electron chi connectivity index (χ4n) is 3.42. The van der Waals surface area contributed by atoms with Gasteiger partial charge < -0.3 is 0 Å². The molecule has 0 bridgehead atoms. The highest BCUT2D eigenvalue weighted by Gasteiger charge is 2.38. The first-order chi connectivity index (χ1) is 8.38. The Kier molecular flexibility index (Phi) is 3.61. The molecule has 0 radical (unpaired) electrons. The number of benzene rings is 1. The highest BCUT2D eigenvalue weighted by atomic mass is 16.1. The van der Waals surface area contributed by atoms with Crippen molar-refractivity contribution in [2.24, 2.45) is 11.3 Å². The van der Waals surface area contributed by atoms with Crippen molar-refractivity contribution in [1.29, 1.82) is 0 Å². The Bertz CT molecular complexity index is 436. The summed E-state index contributed by atoms with van der Waals surface area (Å²) in [5, 5.41) is 0. The first-order valence-electron chi connectivity index (χ1n) is 6.98. The molecule has 2 rings (SSSR count). The number of hydrogen-bond donors (Lipinski definition) is 0. The van der Waals surface area contributed by atoms with Crippen molar-refractivity contribution in [3.63, 3.8) is 0 Å². The Labute approximate surface area is 111 Å². The van der Waals surface area contributed by atoms with Gasteiger partial charge in [0.1, 0.15) is 5.78 Å². The van der Waals surface area contributed by atoms with E-state index in [-0.39, 0.29) is 11.3 Å². The predicted molar refractivity (Wildman–Crippen MR) is 75.7 cm³/mol. The summed E-state index contributed by atoms with van der Waals surface area (Å²) < 4.78 is 0. The van der Waals surface area contributed by atoms with E-state index in [1.807, 2.05) is 0 Å². The minimum absolute atomic E-state index is 0.204. The molecule has 98 valence electrons. The maximum Gasteiger partial charge on any atom is 0.140 e. The van der Waals surface area contributed by atoms with E-state index in [4.69, 9.17) is 0 Å². The van der Waals surface area contributed by atoms with Gasteiger partial charge in [-0.2, -0.15) is 0 Å². The number of Topliss-reactive ketones (excluding diaryl/α,β-unsaturated/α-hetero) is 1. The van der Waals surface area contributed by atoms with E-state index in [1.165, 1.54) is 29.5 Å². The Balaban J connectivity index is 2.12. The van der Waals surface area contributed by atoms with Gasteiger partial charge in [-0.05, 0) is 37.7 Å². The number of ketones is 1.